The van der Waals surface area contributed by atoms with E-state index in [1.807, 2.05) is 0 Å². The molecule has 1 aromatic carbocycles. The van der Waals surface area contributed by atoms with Crippen LogP contribution in [0.4, 0.5) is 5.82 Å². The molecule has 1 heterocycles. The molecular weight excluding hydrogens is 301 g/mol. The van der Waals surface area contributed by atoms with Gasteiger partial charge in [-0.15, -0.1) is 12.4 Å². The van der Waals surface area contributed by atoms with Crippen molar-refractivity contribution in [2.24, 2.45) is 0 Å². The van der Waals surface area contributed by atoms with E-state index in [1.165, 1.54) is 6.07 Å². The van der Waals surface area contributed by atoms with Crippen molar-refractivity contribution in [2.45, 2.75) is 0 Å². The Morgan fingerprint density at radius 1 is 1.35 bits per heavy atom. The lowest BCUT2D eigenvalue weighted by molar-refractivity contribution is 0.0960. The summed E-state index contributed by atoms with van der Waals surface area (Å²) < 4.78 is 0. The summed E-state index contributed by atoms with van der Waals surface area (Å²) in [5, 5.41) is 1.33. The van der Waals surface area contributed by atoms with Gasteiger partial charge >= 0.3 is 0 Å². The maximum Gasteiger partial charge on any atom is 0.257 e. The highest BCUT2D eigenvalue weighted by Gasteiger charge is 2.17. The molecule has 108 valence electrons. The number of halogens is 2. The number of nitrogens with one attached hydrogen (secondary N) is 1. The summed E-state index contributed by atoms with van der Waals surface area (Å²) in [6.07, 6.45) is 0. The normalized spacial score (nSPS) is 10.6. The van der Waals surface area contributed by atoms with Crippen molar-refractivity contribution in [3.63, 3.8) is 0 Å². The summed E-state index contributed by atoms with van der Waals surface area (Å²) in [6, 6.07) is 4.81. The highest BCUT2D eigenvalue weighted by molar-refractivity contribution is 6.31. The quantitative estimate of drug-likeness (QED) is 0.848. The smallest absolute Gasteiger partial charge is 0.257 e. The Labute approximate surface area is 127 Å². The number of hydrogen-bond donors (Lipinski definition) is 2. The van der Waals surface area contributed by atoms with Gasteiger partial charge < -0.3 is 15.6 Å². The number of carbonyl (C=O) groups is 1. The van der Waals surface area contributed by atoms with Crippen LogP contribution in [0.25, 0.3) is 10.8 Å². The van der Waals surface area contributed by atoms with Crippen LogP contribution >= 0.6 is 24.0 Å². The monoisotopic (exact) mass is 315 g/mol. The molecule has 0 unspecified atom stereocenters. The van der Waals surface area contributed by atoms with E-state index in [2.05, 4.69) is 4.98 Å². The third kappa shape index (κ3) is 3.12. The average Bonchev–Trinajstić information content (AvgIpc) is 2.29. The van der Waals surface area contributed by atoms with Crippen molar-refractivity contribution in [3.8, 4) is 0 Å². The minimum absolute atomic E-state index is 0. The lowest BCUT2D eigenvalue weighted by atomic mass is 10.0. The van der Waals surface area contributed by atoms with Crippen molar-refractivity contribution < 1.29 is 4.79 Å². The molecule has 7 heteroatoms. The number of nitrogen functional groups attached to an aromatic ring is 1. The van der Waals surface area contributed by atoms with Crippen molar-refractivity contribution in [1.82, 2.24) is 9.88 Å². The van der Waals surface area contributed by atoms with Crippen molar-refractivity contribution >= 4 is 46.4 Å². The Hall–Kier alpha value is -1.56. The minimum Gasteiger partial charge on any atom is -0.385 e. The number of rotatable bonds is 3. The van der Waals surface area contributed by atoms with Crippen molar-refractivity contribution in [1.29, 1.82) is 0 Å². The Balaban J connectivity index is 0.00000200. The van der Waals surface area contributed by atoms with Crippen LogP contribution in [0.3, 0.4) is 0 Å². The zero-order valence-electron chi connectivity index (χ0n) is 11.1. The molecule has 1 aromatic heterocycles. The SMILES string of the molecule is CN(C)CC(=O)c1c(N)[nH]c(=O)c2cc(Cl)ccc12.Cl. The lowest BCUT2D eigenvalue weighted by Gasteiger charge is -2.12. The van der Waals surface area contributed by atoms with E-state index >= 15 is 0 Å². The van der Waals surface area contributed by atoms with Crippen LogP contribution in [0.1, 0.15) is 10.4 Å². The largest absolute Gasteiger partial charge is 0.385 e. The summed E-state index contributed by atoms with van der Waals surface area (Å²) >= 11 is 5.87. The van der Waals surface area contributed by atoms with E-state index < -0.39 is 0 Å². The number of carbonyl (C=O) groups excluding carboxylic acids is 1. The van der Waals surface area contributed by atoms with E-state index in [4.69, 9.17) is 17.3 Å². The summed E-state index contributed by atoms with van der Waals surface area (Å²) in [7, 11) is 3.58. The molecule has 0 saturated heterocycles. The van der Waals surface area contributed by atoms with Gasteiger partial charge in [-0.2, -0.15) is 0 Å². The number of anilines is 1. The second-order valence-electron chi connectivity index (χ2n) is 4.59. The van der Waals surface area contributed by atoms with Crippen molar-refractivity contribution in [2.75, 3.05) is 26.4 Å². The summed E-state index contributed by atoms with van der Waals surface area (Å²) in [5.41, 5.74) is 5.76. The Morgan fingerprint density at radius 2 is 2.00 bits per heavy atom. The molecule has 0 aliphatic carbocycles. The van der Waals surface area contributed by atoms with Gasteiger partial charge in [0.15, 0.2) is 5.78 Å². The Kier molecular flexibility index (Phi) is 5.16. The van der Waals surface area contributed by atoms with Crippen LogP contribution in [0.5, 0.6) is 0 Å². The first-order valence-electron chi connectivity index (χ1n) is 5.69. The number of likely N-dealkylation sites (N-methyl/N-ethyl adjacent to an activating group) is 1. The van der Waals surface area contributed by atoms with Crippen LogP contribution in [-0.2, 0) is 0 Å². The van der Waals surface area contributed by atoms with E-state index in [0.717, 1.165) is 0 Å². The molecule has 0 fully saturated rings. The van der Waals surface area contributed by atoms with E-state index in [0.29, 0.717) is 21.4 Å². The van der Waals surface area contributed by atoms with Gasteiger partial charge in [-0.3, -0.25) is 9.59 Å². The maximum absolute atomic E-state index is 12.2. The predicted octanol–water partition coefficient (Wildman–Crippen LogP) is 1.93. The Bertz CT molecular complexity index is 711. The number of hydrogen-bond acceptors (Lipinski definition) is 4. The van der Waals surface area contributed by atoms with Crippen LogP contribution < -0.4 is 11.3 Å². The van der Waals surface area contributed by atoms with Gasteiger partial charge in [0.25, 0.3) is 5.56 Å². The molecule has 0 spiro atoms. The summed E-state index contributed by atoms with van der Waals surface area (Å²) in [5.74, 6) is -0.0576. The van der Waals surface area contributed by atoms with Crippen molar-refractivity contribution in [3.05, 3.63) is 39.1 Å². The number of benzene rings is 1. The molecule has 0 aliphatic heterocycles. The zero-order chi connectivity index (χ0) is 14.2. The first-order valence-corrected chi connectivity index (χ1v) is 6.07. The lowest BCUT2D eigenvalue weighted by Crippen LogP contribution is -2.24. The van der Waals surface area contributed by atoms with Gasteiger partial charge in [0.1, 0.15) is 5.82 Å². The fraction of sp³-hybridized carbons (Fsp3) is 0.231. The number of aromatic nitrogens is 1. The second kappa shape index (κ2) is 6.26. The standard InChI is InChI=1S/C13H14ClN3O2.ClH/c1-17(2)6-10(18)11-8-4-3-7(14)5-9(8)13(19)16-12(11)15;/h3-5H,6H2,1-2H3,(H3,15,16,19);1H. The molecule has 2 rings (SSSR count). The molecule has 0 aliphatic rings. The molecule has 2 aromatic rings. The first kappa shape index (κ1) is 16.5. The Morgan fingerprint density at radius 3 is 2.60 bits per heavy atom. The number of fused-ring (bicyclic) bond motifs is 1. The number of aromatic amines is 1. The predicted molar refractivity (Wildman–Crippen MR) is 84.1 cm³/mol. The molecular formula is C13H15Cl2N3O2. The third-order valence-electron chi connectivity index (χ3n) is 2.75. The molecule has 5 nitrogen and oxygen atoms in total. The second-order valence-corrected chi connectivity index (χ2v) is 5.03. The van der Waals surface area contributed by atoms with Gasteiger partial charge in [-0.1, -0.05) is 17.7 Å². The molecule has 0 bridgehead atoms. The molecule has 0 saturated carbocycles. The molecule has 0 radical (unpaired) electrons. The number of ketones is 1. The average molecular weight is 316 g/mol. The minimum atomic E-state index is -0.351. The van der Waals surface area contributed by atoms with Crippen LogP contribution in [0, 0.1) is 0 Å². The van der Waals surface area contributed by atoms with Gasteiger partial charge in [0, 0.05) is 15.8 Å². The first-order chi connectivity index (χ1) is 8.90. The van der Waals surface area contributed by atoms with E-state index in [-0.39, 0.29) is 36.1 Å². The van der Waals surface area contributed by atoms with E-state index in [1.54, 1.807) is 31.1 Å². The van der Waals surface area contributed by atoms with Gasteiger partial charge in [-0.05, 0) is 26.2 Å². The summed E-state index contributed by atoms with van der Waals surface area (Å²) in [6.45, 7) is 0.216. The third-order valence-corrected chi connectivity index (χ3v) is 2.99. The number of nitrogens with zero attached hydrogens (tertiary/aromatic N) is 1. The molecule has 0 amide bonds. The highest BCUT2D eigenvalue weighted by atomic mass is 35.5. The van der Waals surface area contributed by atoms with Gasteiger partial charge in [-0.25, -0.2) is 0 Å². The zero-order valence-corrected chi connectivity index (χ0v) is 12.6. The number of pyridine rings is 1. The maximum atomic E-state index is 12.2. The topological polar surface area (TPSA) is 79.2 Å². The van der Waals surface area contributed by atoms with E-state index in [9.17, 15) is 9.59 Å². The fourth-order valence-electron chi connectivity index (χ4n) is 1.99. The molecule has 0 atom stereocenters. The number of Topliss-reactive ketones (excluding diaryl/α,β-unsaturated/α-hetero) is 1. The fourth-order valence-corrected chi connectivity index (χ4v) is 2.16. The molecule has 3 N–H and O–H groups in total. The highest BCUT2D eigenvalue weighted by Crippen LogP contribution is 2.23. The number of H-pyrrole nitrogens is 1. The molecule has 20 heavy (non-hydrogen) atoms. The van der Waals surface area contributed by atoms with Gasteiger partial charge in [0.2, 0.25) is 0 Å². The number of nitrogens with two attached hydrogens (primary N) is 1. The van der Waals surface area contributed by atoms with Crippen LogP contribution in [0.2, 0.25) is 5.02 Å². The summed E-state index contributed by atoms with van der Waals surface area (Å²) in [4.78, 5) is 28.3. The van der Waals surface area contributed by atoms with Gasteiger partial charge in [0.05, 0.1) is 12.1 Å². The van der Waals surface area contributed by atoms with Crippen LogP contribution in [0.15, 0.2) is 23.0 Å². The van der Waals surface area contributed by atoms with Crippen LogP contribution in [-0.4, -0.2) is 36.3 Å².